The Kier molecular flexibility index (Phi) is 5.32. The molecule has 1 unspecified atom stereocenters. The molecule has 2 rings (SSSR count). The Labute approximate surface area is 130 Å². The van der Waals surface area contributed by atoms with E-state index < -0.39 is 0 Å². The van der Waals surface area contributed by atoms with Crippen LogP contribution in [-0.4, -0.2) is 11.5 Å². The van der Waals surface area contributed by atoms with E-state index in [2.05, 4.69) is 10.3 Å². The van der Waals surface area contributed by atoms with Crippen LogP contribution in [0.15, 0.2) is 30.3 Å². The molecular weight excluding hydrogens is 287 g/mol. The van der Waals surface area contributed by atoms with Crippen LogP contribution < -0.4 is 5.32 Å². The summed E-state index contributed by atoms with van der Waals surface area (Å²) in [6, 6.07) is 9.01. The number of hydrogen-bond acceptors (Lipinski definition) is 2. The second-order valence-corrected chi connectivity index (χ2v) is 5.67. The molecule has 0 radical (unpaired) electrons. The van der Waals surface area contributed by atoms with Crippen LogP contribution in [0.2, 0.25) is 5.02 Å². The van der Waals surface area contributed by atoms with E-state index in [0.29, 0.717) is 17.0 Å². The highest BCUT2D eigenvalue weighted by atomic mass is 35.5. The van der Waals surface area contributed by atoms with E-state index in [4.69, 9.17) is 11.6 Å². The molecule has 4 heteroatoms. The number of rotatable bonds is 5. The van der Waals surface area contributed by atoms with Crippen LogP contribution in [-0.2, 0) is 6.42 Å². The Balaban J connectivity index is 2.30. The standard InChI is InChI=1S/C17H20ClFN2/c1-4-20-17(14-7-11(2)21-12(3)8-14)9-13-5-6-15(18)10-16(13)19/h5-8,10,17,20H,4,9H2,1-3H3. The minimum absolute atomic E-state index is 0.0612. The lowest BCUT2D eigenvalue weighted by Crippen LogP contribution is -2.23. The third-order valence-electron chi connectivity index (χ3n) is 3.40. The van der Waals surface area contributed by atoms with Crippen LogP contribution >= 0.6 is 11.6 Å². The minimum Gasteiger partial charge on any atom is -0.310 e. The van der Waals surface area contributed by atoms with Gasteiger partial charge in [-0.05, 0) is 62.2 Å². The summed E-state index contributed by atoms with van der Waals surface area (Å²) < 4.78 is 14.0. The van der Waals surface area contributed by atoms with Crippen molar-refractivity contribution in [3.8, 4) is 0 Å². The highest BCUT2D eigenvalue weighted by molar-refractivity contribution is 6.30. The summed E-state index contributed by atoms with van der Waals surface area (Å²) in [5, 5.41) is 3.84. The van der Waals surface area contributed by atoms with Crippen molar-refractivity contribution in [3.05, 3.63) is 63.7 Å². The first-order chi connectivity index (χ1) is 9.99. The fourth-order valence-electron chi connectivity index (χ4n) is 2.53. The zero-order chi connectivity index (χ0) is 15.4. The quantitative estimate of drug-likeness (QED) is 0.886. The van der Waals surface area contributed by atoms with Gasteiger partial charge in [-0.15, -0.1) is 0 Å². The maximum Gasteiger partial charge on any atom is 0.127 e. The predicted molar refractivity (Wildman–Crippen MR) is 85.2 cm³/mol. The Morgan fingerprint density at radius 3 is 2.43 bits per heavy atom. The molecule has 0 saturated heterocycles. The number of aromatic nitrogens is 1. The van der Waals surface area contributed by atoms with Crippen molar-refractivity contribution in [1.82, 2.24) is 10.3 Å². The molecule has 2 aromatic rings. The second kappa shape index (κ2) is 7.01. The maximum absolute atomic E-state index is 14.0. The van der Waals surface area contributed by atoms with E-state index in [0.717, 1.165) is 23.5 Å². The Hall–Kier alpha value is -1.45. The number of benzene rings is 1. The van der Waals surface area contributed by atoms with Crippen molar-refractivity contribution in [2.75, 3.05) is 6.54 Å². The maximum atomic E-state index is 14.0. The van der Waals surface area contributed by atoms with Gasteiger partial charge in [-0.2, -0.15) is 0 Å². The van der Waals surface area contributed by atoms with Crippen molar-refractivity contribution in [2.24, 2.45) is 0 Å². The average molecular weight is 307 g/mol. The molecule has 0 aliphatic carbocycles. The fraction of sp³-hybridized carbons (Fsp3) is 0.353. The molecule has 0 fully saturated rings. The van der Waals surface area contributed by atoms with Gasteiger partial charge in [0.05, 0.1) is 0 Å². The number of aryl methyl sites for hydroxylation is 2. The second-order valence-electron chi connectivity index (χ2n) is 5.23. The van der Waals surface area contributed by atoms with Gasteiger partial charge in [0.2, 0.25) is 0 Å². The number of nitrogens with one attached hydrogen (secondary N) is 1. The molecule has 1 heterocycles. The summed E-state index contributed by atoms with van der Waals surface area (Å²) in [6.45, 7) is 6.82. The zero-order valence-corrected chi connectivity index (χ0v) is 13.3. The first-order valence-corrected chi connectivity index (χ1v) is 7.50. The summed E-state index contributed by atoms with van der Waals surface area (Å²) in [5.74, 6) is -0.257. The summed E-state index contributed by atoms with van der Waals surface area (Å²) in [4.78, 5) is 4.39. The molecular formula is C17H20ClFN2. The molecule has 1 atom stereocenters. The number of nitrogens with zero attached hydrogens (tertiary/aromatic N) is 1. The normalized spacial score (nSPS) is 12.4. The molecule has 1 aromatic heterocycles. The first-order valence-electron chi connectivity index (χ1n) is 7.12. The topological polar surface area (TPSA) is 24.9 Å². The molecule has 0 bridgehead atoms. The molecule has 21 heavy (non-hydrogen) atoms. The number of halogens is 2. The van der Waals surface area contributed by atoms with E-state index in [1.807, 2.05) is 32.9 Å². The van der Waals surface area contributed by atoms with Gasteiger partial charge >= 0.3 is 0 Å². The van der Waals surface area contributed by atoms with Crippen LogP contribution in [0.1, 0.15) is 35.5 Å². The van der Waals surface area contributed by atoms with Crippen molar-refractivity contribution in [2.45, 2.75) is 33.2 Å². The molecule has 1 aromatic carbocycles. The molecule has 0 aliphatic rings. The Morgan fingerprint density at radius 1 is 1.19 bits per heavy atom. The van der Waals surface area contributed by atoms with Crippen molar-refractivity contribution < 1.29 is 4.39 Å². The van der Waals surface area contributed by atoms with E-state index in [1.165, 1.54) is 6.07 Å². The predicted octanol–water partition coefficient (Wildman–Crippen LogP) is 4.38. The van der Waals surface area contributed by atoms with Crippen LogP contribution in [0.25, 0.3) is 0 Å². The monoisotopic (exact) mass is 306 g/mol. The van der Waals surface area contributed by atoms with Gasteiger partial charge in [0, 0.05) is 22.5 Å². The van der Waals surface area contributed by atoms with Gasteiger partial charge in [-0.25, -0.2) is 4.39 Å². The fourth-order valence-corrected chi connectivity index (χ4v) is 2.69. The zero-order valence-electron chi connectivity index (χ0n) is 12.6. The van der Waals surface area contributed by atoms with Gasteiger partial charge in [0.15, 0.2) is 0 Å². The lowest BCUT2D eigenvalue weighted by molar-refractivity contribution is 0.527. The molecule has 0 amide bonds. The molecule has 0 aliphatic heterocycles. The molecule has 0 saturated carbocycles. The highest BCUT2D eigenvalue weighted by Gasteiger charge is 2.15. The van der Waals surface area contributed by atoms with Gasteiger partial charge < -0.3 is 5.32 Å². The molecule has 2 nitrogen and oxygen atoms in total. The van der Waals surface area contributed by atoms with Crippen LogP contribution in [0.3, 0.4) is 0 Å². The van der Waals surface area contributed by atoms with Gasteiger partial charge in [-0.1, -0.05) is 24.6 Å². The largest absolute Gasteiger partial charge is 0.310 e. The number of likely N-dealkylation sites (N-methyl/N-ethyl adjacent to an activating group) is 1. The highest BCUT2D eigenvalue weighted by Crippen LogP contribution is 2.23. The van der Waals surface area contributed by atoms with Crippen molar-refractivity contribution in [3.63, 3.8) is 0 Å². The van der Waals surface area contributed by atoms with Crippen molar-refractivity contribution >= 4 is 11.6 Å². The number of hydrogen-bond donors (Lipinski definition) is 1. The molecule has 112 valence electrons. The lowest BCUT2D eigenvalue weighted by atomic mass is 9.98. The van der Waals surface area contributed by atoms with Crippen LogP contribution in [0.5, 0.6) is 0 Å². The third kappa shape index (κ3) is 4.26. The summed E-state index contributed by atoms with van der Waals surface area (Å²) in [5.41, 5.74) is 3.75. The average Bonchev–Trinajstić information content (AvgIpc) is 2.40. The van der Waals surface area contributed by atoms with E-state index in [1.54, 1.807) is 12.1 Å². The SMILES string of the molecule is CCNC(Cc1ccc(Cl)cc1F)c1cc(C)nc(C)c1. The van der Waals surface area contributed by atoms with Crippen molar-refractivity contribution in [1.29, 1.82) is 0 Å². The summed E-state index contributed by atoms with van der Waals surface area (Å²) >= 11 is 5.81. The van der Waals surface area contributed by atoms with Crippen LogP contribution in [0.4, 0.5) is 4.39 Å². The first kappa shape index (κ1) is 15.9. The van der Waals surface area contributed by atoms with Gasteiger partial charge in [0.25, 0.3) is 0 Å². The third-order valence-corrected chi connectivity index (χ3v) is 3.63. The van der Waals surface area contributed by atoms with E-state index in [-0.39, 0.29) is 11.9 Å². The van der Waals surface area contributed by atoms with E-state index >= 15 is 0 Å². The summed E-state index contributed by atoms with van der Waals surface area (Å²) in [6.07, 6.45) is 0.583. The number of pyridine rings is 1. The smallest absolute Gasteiger partial charge is 0.127 e. The Morgan fingerprint density at radius 2 is 1.86 bits per heavy atom. The van der Waals surface area contributed by atoms with E-state index in [9.17, 15) is 4.39 Å². The van der Waals surface area contributed by atoms with Gasteiger partial charge in [0.1, 0.15) is 5.82 Å². The molecule has 1 N–H and O–H groups in total. The van der Waals surface area contributed by atoms with Crippen LogP contribution in [0, 0.1) is 19.7 Å². The minimum atomic E-state index is -0.257. The summed E-state index contributed by atoms with van der Waals surface area (Å²) in [7, 11) is 0. The Bertz CT molecular complexity index is 608. The lowest BCUT2D eigenvalue weighted by Gasteiger charge is -2.20. The van der Waals surface area contributed by atoms with Gasteiger partial charge in [-0.3, -0.25) is 4.98 Å². The molecule has 0 spiro atoms.